The average molecular weight is 380 g/mol. The molecule has 9 nitrogen and oxygen atoms in total. The summed E-state index contributed by atoms with van der Waals surface area (Å²) in [6, 6.07) is 3.90. The normalized spacial score (nSPS) is 18.5. The van der Waals surface area contributed by atoms with E-state index in [-0.39, 0.29) is 29.2 Å². The van der Waals surface area contributed by atoms with E-state index in [1.807, 2.05) is 20.8 Å². The van der Waals surface area contributed by atoms with E-state index in [9.17, 15) is 19.7 Å². The standard InChI is InChI=1S/C16H20N4O5S/c1-16(2,3)19-15-18-14(22)12(26-15)8-13(21)17-10-7-9(20(23)24)5-6-11(10)25-4/h5-7,12H,8H2,1-4H3,(H,17,21)(H,18,19,22)/t12-/m1/s1. The maximum atomic E-state index is 12.3. The number of nitro groups is 1. The second-order valence-corrected chi connectivity index (χ2v) is 7.77. The minimum Gasteiger partial charge on any atom is -0.495 e. The molecule has 1 fully saturated rings. The van der Waals surface area contributed by atoms with Crippen LogP contribution < -0.4 is 15.4 Å². The van der Waals surface area contributed by atoms with E-state index in [2.05, 4.69) is 15.6 Å². The fourth-order valence-corrected chi connectivity index (χ4v) is 3.33. The van der Waals surface area contributed by atoms with Crippen molar-refractivity contribution in [1.82, 2.24) is 5.32 Å². The lowest BCUT2D eigenvalue weighted by molar-refractivity contribution is -0.384. The number of methoxy groups -OCH3 is 1. The molecule has 10 heteroatoms. The molecule has 1 aliphatic rings. The topological polar surface area (TPSA) is 123 Å². The molecule has 0 saturated carbocycles. The van der Waals surface area contributed by atoms with Crippen LogP contribution in [-0.2, 0) is 9.59 Å². The number of non-ortho nitro benzene ring substituents is 1. The molecule has 0 spiro atoms. The number of aliphatic imine (C=N–C) groups is 1. The first kappa shape index (κ1) is 19.7. The Balaban J connectivity index is 2.07. The van der Waals surface area contributed by atoms with Crippen LogP contribution in [0.15, 0.2) is 23.2 Å². The van der Waals surface area contributed by atoms with Gasteiger partial charge in [0.25, 0.3) is 5.69 Å². The van der Waals surface area contributed by atoms with Crippen LogP contribution in [0.25, 0.3) is 0 Å². The lowest BCUT2D eigenvalue weighted by Gasteiger charge is -2.12. The summed E-state index contributed by atoms with van der Waals surface area (Å²) in [6.45, 7) is 5.71. The largest absolute Gasteiger partial charge is 0.495 e. The second-order valence-electron chi connectivity index (χ2n) is 6.58. The average Bonchev–Trinajstić information content (AvgIpc) is 2.84. The highest BCUT2D eigenvalue weighted by Crippen LogP contribution is 2.30. The van der Waals surface area contributed by atoms with Crippen LogP contribution in [-0.4, -0.2) is 39.8 Å². The first-order chi connectivity index (χ1) is 12.1. The van der Waals surface area contributed by atoms with Gasteiger partial charge in [-0.05, 0) is 26.8 Å². The van der Waals surface area contributed by atoms with Crippen molar-refractivity contribution in [3.8, 4) is 5.75 Å². The summed E-state index contributed by atoms with van der Waals surface area (Å²) in [5, 5.41) is 16.0. The number of anilines is 1. The smallest absolute Gasteiger partial charge is 0.271 e. The number of nitrogens with zero attached hydrogens (tertiary/aromatic N) is 2. The number of rotatable bonds is 5. The summed E-state index contributed by atoms with van der Waals surface area (Å²) >= 11 is 1.19. The maximum absolute atomic E-state index is 12.3. The fraction of sp³-hybridized carbons (Fsp3) is 0.438. The molecular formula is C16H20N4O5S. The number of hydrogen-bond donors (Lipinski definition) is 2. The van der Waals surface area contributed by atoms with Crippen molar-refractivity contribution in [3.63, 3.8) is 0 Å². The van der Waals surface area contributed by atoms with Gasteiger partial charge in [0.05, 0.1) is 23.3 Å². The maximum Gasteiger partial charge on any atom is 0.271 e. The summed E-state index contributed by atoms with van der Waals surface area (Å²) < 4.78 is 5.10. The molecule has 1 aromatic carbocycles. The Bertz CT molecular complexity index is 772. The second kappa shape index (κ2) is 7.73. The fourth-order valence-electron chi connectivity index (χ4n) is 2.17. The van der Waals surface area contributed by atoms with Crippen molar-refractivity contribution in [2.24, 2.45) is 4.99 Å². The summed E-state index contributed by atoms with van der Waals surface area (Å²) in [4.78, 5) is 39.0. The highest BCUT2D eigenvalue weighted by Gasteiger charge is 2.33. The Hall–Kier alpha value is -2.62. The highest BCUT2D eigenvalue weighted by atomic mass is 32.2. The van der Waals surface area contributed by atoms with Crippen molar-refractivity contribution >= 4 is 40.1 Å². The van der Waals surface area contributed by atoms with Gasteiger partial charge in [0.15, 0.2) is 5.17 Å². The Labute approximate surface area is 154 Å². The van der Waals surface area contributed by atoms with Gasteiger partial charge in [-0.15, -0.1) is 0 Å². The molecule has 1 aromatic rings. The molecule has 0 radical (unpaired) electrons. The molecule has 0 aliphatic carbocycles. The molecule has 0 aromatic heterocycles. The van der Waals surface area contributed by atoms with Gasteiger partial charge in [-0.25, -0.2) is 0 Å². The van der Waals surface area contributed by atoms with Gasteiger partial charge in [0, 0.05) is 18.6 Å². The van der Waals surface area contributed by atoms with Crippen LogP contribution in [0.1, 0.15) is 27.2 Å². The minimum absolute atomic E-state index is 0.0918. The van der Waals surface area contributed by atoms with Crippen LogP contribution in [0.4, 0.5) is 11.4 Å². The van der Waals surface area contributed by atoms with E-state index >= 15 is 0 Å². The lowest BCUT2D eigenvalue weighted by Crippen LogP contribution is -2.29. The number of hydrogen-bond acceptors (Lipinski definition) is 7. The van der Waals surface area contributed by atoms with E-state index in [1.54, 1.807) is 0 Å². The Morgan fingerprint density at radius 1 is 1.46 bits per heavy atom. The number of carbonyl (C=O) groups is 2. The first-order valence-corrected chi connectivity index (χ1v) is 8.66. The van der Waals surface area contributed by atoms with Crippen molar-refractivity contribution in [1.29, 1.82) is 0 Å². The quantitative estimate of drug-likeness (QED) is 0.597. The van der Waals surface area contributed by atoms with Crippen LogP contribution in [0, 0.1) is 10.1 Å². The SMILES string of the molecule is COc1ccc([N+](=O)[O-])cc1NC(=O)C[C@H]1SC(=NC(C)(C)C)NC1=O. The molecule has 140 valence electrons. The Morgan fingerprint density at radius 2 is 2.15 bits per heavy atom. The van der Waals surface area contributed by atoms with Crippen molar-refractivity contribution < 1.29 is 19.2 Å². The molecule has 0 bridgehead atoms. The van der Waals surface area contributed by atoms with E-state index in [0.29, 0.717) is 10.9 Å². The van der Waals surface area contributed by atoms with E-state index in [0.717, 1.165) is 0 Å². The van der Waals surface area contributed by atoms with Crippen LogP contribution in [0.5, 0.6) is 5.75 Å². The number of benzene rings is 1. The van der Waals surface area contributed by atoms with Crippen molar-refractivity contribution in [2.45, 2.75) is 38.0 Å². The molecule has 2 rings (SSSR count). The molecule has 2 N–H and O–H groups in total. The van der Waals surface area contributed by atoms with Gasteiger partial charge >= 0.3 is 0 Å². The number of amides is 2. The van der Waals surface area contributed by atoms with Crippen molar-refractivity contribution in [2.75, 3.05) is 12.4 Å². The number of thioether (sulfide) groups is 1. The monoisotopic (exact) mass is 380 g/mol. The summed E-state index contributed by atoms with van der Waals surface area (Å²) in [5.41, 5.74) is -0.337. The molecule has 26 heavy (non-hydrogen) atoms. The zero-order valence-corrected chi connectivity index (χ0v) is 15.7. The van der Waals surface area contributed by atoms with E-state index in [4.69, 9.17) is 4.74 Å². The number of ether oxygens (including phenoxy) is 1. The predicted octanol–water partition coefficient (Wildman–Crippen LogP) is 2.32. The molecule has 1 aliphatic heterocycles. The Kier molecular flexibility index (Phi) is 5.86. The Morgan fingerprint density at radius 3 is 2.73 bits per heavy atom. The lowest BCUT2D eigenvalue weighted by atomic mass is 10.1. The number of carbonyl (C=O) groups excluding carboxylic acids is 2. The van der Waals surface area contributed by atoms with Gasteiger partial charge in [-0.1, -0.05) is 11.8 Å². The summed E-state index contributed by atoms with van der Waals surface area (Å²) in [6.07, 6.45) is -0.0918. The van der Waals surface area contributed by atoms with Crippen LogP contribution >= 0.6 is 11.8 Å². The molecule has 2 amide bonds. The van der Waals surface area contributed by atoms with E-state index < -0.39 is 16.1 Å². The molecule has 1 atom stereocenters. The highest BCUT2D eigenvalue weighted by molar-refractivity contribution is 8.15. The summed E-state index contributed by atoms with van der Waals surface area (Å²) in [7, 11) is 1.40. The zero-order chi connectivity index (χ0) is 19.5. The van der Waals surface area contributed by atoms with E-state index in [1.165, 1.54) is 37.1 Å². The third kappa shape index (κ3) is 5.19. The zero-order valence-electron chi connectivity index (χ0n) is 14.9. The predicted molar refractivity (Wildman–Crippen MR) is 99.6 cm³/mol. The van der Waals surface area contributed by atoms with Gasteiger partial charge in [0.2, 0.25) is 11.8 Å². The van der Waals surface area contributed by atoms with Gasteiger partial charge in [-0.2, -0.15) is 0 Å². The van der Waals surface area contributed by atoms with Crippen LogP contribution in [0.2, 0.25) is 0 Å². The minimum atomic E-state index is -0.610. The number of amidine groups is 1. The molecule has 1 heterocycles. The van der Waals surface area contributed by atoms with Crippen molar-refractivity contribution in [3.05, 3.63) is 28.3 Å². The molecule has 1 saturated heterocycles. The van der Waals surface area contributed by atoms with Gasteiger partial charge in [0.1, 0.15) is 11.0 Å². The summed E-state index contributed by atoms with van der Waals surface area (Å²) in [5.74, 6) is -0.449. The van der Waals surface area contributed by atoms with Gasteiger partial charge < -0.3 is 15.4 Å². The third-order valence-electron chi connectivity index (χ3n) is 3.25. The number of nitro benzene ring substituents is 1. The molecular weight excluding hydrogens is 360 g/mol. The van der Waals surface area contributed by atoms with Gasteiger partial charge in [-0.3, -0.25) is 24.7 Å². The third-order valence-corrected chi connectivity index (χ3v) is 4.33. The molecule has 0 unspecified atom stereocenters. The first-order valence-electron chi connectivity index (χ1n) is 7.78. The number of nitrogens with one attached hydrogen (secondary N) is 2. The van der Waals surface area contributed by atoms with Crippen LogP contribution in [0.3, 0.4) is 0 Å².